The van der Waals surface area contributed by atoms with E-state index in [0.29, 0.717) is 31.0 Å². The maximum Gasteiger partial charge on any atom is 0.226 e. The smallest absolute Gasteiger partial charge is 0.226 e. The van der Waals surface area contributed by atoms with Crippen LogP contribution in [0.3, 0.4) is 0 Å². The third-order valence-electron chi connectivity index (χ3n) is 4.24. The quantitative estimate of drug-likeness (QED) is 0.637. The Morgan fingerprint density at radius 1 is 1.08 bits per heavy atom. The van der Waals surface area contributed by atoms with E-state index < -0.39 is 0 Å². The Hall–Kier alpha value is -2.17. The van der Waals surface area contributed by atoms with Gasteiger partial charge in [-0.25, -0.2) is 0 Å². The van der Waals surface area contributed by atoms with E-state index in [1.54, 1.807) is 0 Å². The Bertz CT molecular complexity index is 684. The second-order valence-electron chi connectivity index (χ2n) is 7.82. The van der Waals surface area contributed by atoms with Crippen molar-refractivity contribution in [3.63, 3.8) is 0 Å². The van der Waals surface area contributed by atoms with Crippen LogP contribution in [0.4, 0.5) is 5.69 Å². The molecule has 0 spiro atoms. The van der Waals surface area contributed by atoms with Crippen LogP contribution >= 0.6 is 0 Å². The Kier molecular flexibility index (Phi) is 7.37. The number of amides is 1. The SMILES string of the molecule is CCCCCc1ccc(NC(=O)CCCc2nc(C(C)(C)C)no2)cc1. The van der Waals surface area contributed by atoms with E-state index in [-0.39, 0.29) is 11.3 Å². The lowest BCUT2D eigenvalue weighted by atomic mass is 9.96. The van der Waals surface area contributed by atoms with Crippen LogP contribution in [-0.4, -0.2) is 16.0 Å². The molecule has 5 heteroatoms. The van der Waals surface area contributed by atoms with Gasteiger partial charge < -0.3 is 9.84 Å². The van der Waals surface area contributed by atoms with Crippen molar-refractivity contribution in [2.24, 2.45) is 0 Å². The predicted molar refractivity (Wildman–Crippen MR) is 104 cm³/mol. The lowest BCUT2D eigenvalue weighted by molar-refractivity contribution is -0.116. The first-order valence-corrected chi connectivity index (χ1v) is 9.60. The van der Waals surface area contributed by atoms with Crippen LogP contribution < -0.4 is 5.32 Å². The molecule has 2 rings (SSSR count). The molecule has 2 aromatic rings. The standard InChI is InChI=1S/C21H31N3O2/c1-5-6-7-9-16-12-14-17(15-13-16)22-18(25)10-8-11-19-23-20(24-26-19)21(2,3)4/h12-15H,5-11H2,1-4H3,(H,22,25). The van der Waals surface area contributed by atoms with Crippen molar-refractivity contribution in [1.29, 1.82) is 0 Å². The van der Waals surface area contributed by atoms with Crippen molar-refractivity contribution < 1.29 is 9.32 Å². The van der Waals surface area contributed by atoms with Crippen molar-refractivity contribution in [3.8, 4) is 0 Å². The molecule has 0 bridgehead atoms. The summed E-state index contributed by atoms with van der Waals surface area (Å²) in [6.45, 7) is 8.35. The number of benzene rings is 1. The number of aromatic nitrogens is 2. The van der Waals surface area contributed by atoms with Crippen molar-refractivity contribution in [2.75, 3.05) is 5.32 Å². The summed E-state index contributed by atoms with van der Waals surface area (Å²) >= 11 is 0. The summed E-state index contributed by atoms with van der Waals surface area (Å²) in [5, 5.41) is 6.95. The zero-order valence-electron chi connectivity index (χ0n) is 16.5. The van der Waals surface area contributed by atoms with Gasteiger partial charge >= 0.3 is 0 Å². The average molecular weight is 357 g/mol. The summed E-state index contributed by atoms with van der Waals surface area (Å²) in [5.74, 6) is 1.31. The minimum atomic E-state index is -0.123. The van der Waals surface area contributed by atoms with Gasteiger partial charge in [-0.15, -0.1) is 0 Å². The van der Waals surface area contributed by atoms with Crippen LogP contribution in [0.15, 0.2) is 28.8 Å². The normalized spacial score (nSPS) is 11.5. The third-order valence-corrected chi connectivity index (χ3v) is 4.24. The highest BCUT2D eigenvalue weighted by Gasteiger charge is 2.20. The lowest BCUT2D eigenvalue weighted by Crippen LogP contribution is -2.13. The summed E-state index contributed by atoms with van der Waals surface area (Å²) in [5.41, 5.74) is 2.05. The number of nitrogens with zero attached hydrogens (tertiary/aromatic N) is 2. The highest BCUT2D eigenvalue weighted by Crippen LogP contribution is 2.19. The molecule has 26 heavy (non-hydrogen) atoms. The van der Waals surface area contributed by atoms with Gasteiger partial charge in [-0.1, -0.05) is 57.8 Å². The van der Waals surface area contributed by atoms with Gasteiger partial charge in [0.15, 0.2) is 5.82 Å². The molecular weight excluding hydrogens is 326 g/mol. The van der Waals surface area contributed by atoms with Gasteiger partial charge in [0.25, 0.3) is 0 Å². The molecule has 0 aliphatic rings. The third kappa shape index (κ3) is 6.62. The maximum absolute atomic E-state index is 12.1. The molecule has 0 aliphatic carbocycles. The van der Waals surface area contributed by atoms with Crippen LogP contribution in [-0.2, 0) is 23.1 Å². The number of hydrogen-bond donors (Lipinski definition) is 1. The molecule has 0 saturated carbocycles. The topological polar surface area (TPSA) is 68.0 Å². The van der Waals surface area contributed by atoms with Crippen LogP contribution in [0.2, 0.25) is 0 Å². The molecule has 0 saturated heterocycles. The first-order valence-electron chi connectivity index (χ1n) is 9.60. The number of unbranched alkanes of at least 4 members (excludes halogenated alkanes) is 2. The first-order chi connectivity index (χ1) is 12.4. The zero-order chi connectivity index (χ0) is 19.0. The monoisotopic (exact) mass is 357 g/mol. The van der Waals surface area contributed by atoms with Crippen LogP contribution in [0.1, 0.15) is 77.1 Å². The lowest BCUT2D eigenvalue weighted by Gasteiger charge is -2.10. The number of nitrogens with one attached hydrogen (secondary N) is 1. The van der Waals surface area contributed by atoms with Crippen LogP contribution in [0, 0.1) is 0 Å². The highest BCUT2D eigenvalue weighted by molar-refractivity contribution is 5.90. The van der Waals surface area contributed by atoms with Crippen molar-refractivity contribution in [2.45, 2.75) is 78.1 Å². The molecule has 142 valence electrons. The highest BCUT2D eigenvalue weighted by atomic mass is 16.5. The maximum atomic E-state index is 12.1. The number of hydrogen-bond acceptors (Lipinski definition) is 4. The van der Waals surface area contributed by atoms with E-state index in [1.807, 2.05) is 32.9 Å². The number of carbonyl (C=O) groups excluding carboxylic acids is 1. The fourth-order valence-corrected chi connectivity index (χ4v) is 2.62. The molecule has 1 aromatic carbocycles. The van der Waals surface area contributed by atoms with Gasteiger partial charge in [0.05, 0.1) is 0 Å². The van der Waals surface area contributed by atoms with Gasteiger partial charge in [0.1, 0.15) is 0 Å². The molecule has 1 N–H and O–H groups in total. The second-order valence-corrected chi connectivity index (χ2v) is 7.82. The Morgan fingerprint density at radius 3 is 2.42 bits per heavy atom. The molecule has 1 aromatic heterocycles. The fourth-order valence-electron chi connectivity index (χ4n) is 2.62. The van der Waals surface area contributed by atoms with Crippen molar-refractivity contribution in [1.82, 2.24) is 10.1 Å². The molecule has 0 unspecified atom stereocenters. The summed E-state index contributed by atoms with van der Waals surface area (Å²) in [6, 6.07) is 8.15. The van der Waals surface area contributed by atoms with Gasteiger partial charge in [-0.05, 0) is 37.0 Å². The molecular formula is C21H31N3O2. The minimum Gasteiger partial charge on any atom is -0.339 e. The van der Waals surface area contributed by atoms with E-state index in [9.17, 15) is 4.79 Å². The van der Waals surface area contributed by atoms with Gasteiger partial charge in [0, 0.05) is 23.9 Å². The molecule has 0 fully saturated rings. The number of carbonyl (C=O) groups is 1. The molecule has 0 radical (unpaired) electrons. The Morgan fingerprint density at radius 2 is 1.81 bits per heavy atom. The second kappa shape index (κ2) is 9.51. The molecule has 5 nitrogen and oxygen atoms in total. The van der Waals surface area contributed by atoms with E-state index >= 15 is 0 Å². The van der Waals surface area contributed by atoms with E-state index in [2.05, 4.69) is 34.5 Å². The van der Waals surface area contributed by atoms with E-state index in [1.165, 1.54) is 24.8 Å². The molecule has 1 amide bonds. The molecule has 0 aliphatic heterocycles. The van der Waals surface area contributed by atoms with Crippen LogP contribution in [0.5, 0.6) is 0 Å². The van der Waals surface area contributed by atoms with Gasteiger partial charge in [-0.3, -0.25) is 4.79 Å². The van der Waals surface area contributed by atoms with Gasteiger partial charge in [0.2, 0.25) is 11.8 Å². The van der Waals surface area contributed by atoms with E-state index in [4.69, 9.17) is 4.52 Å². The minimum absolute atomic E-state index is 0.0132. The van der Waals surface area contributed by atoms with Crippen molar-refractivity contribution >= 4 is 11.6 Å². The van der Waals surface area contributed by atoms with Gasteiger partial charge in [-0.2, -0.15) is 4.98 Å². The molecule has 1 heterocycles. The van der Waals surface area contributed by atoms with Crippen molar-refractivity contribution in [3.05, 3.63) is 41.5 Å². The average Bonchev–Trinajstić information content (AvgIpc) is 3.06. The summed E-state index contributed by atoms with van der Waals surface area (Å²) < 4.78 is 5.25. The largest absolute Gasteiger partial charge is 0.339 e. The zero-order valence-corrected chi connectivity index (χ0v) is 16.5. The first kappa shape index (κ1) is 20.1. The Balaban J connectivity index is 1.72. The predicted octanol–water partition coefficient (Wildman–Crippen LogP) is 5.06. The number of rotatable bonds is 9. The molecule has 0 atom stereocenters. The van der Waals surface area contributed by atoms with Crippen LogP contribution in [0.25, 0.3) is 0 Å². The summed E-state index contributed by atoms with van der Waals surface area (Å²) in [4.78, 5) is 16.5. The van der Waals surface area contributed by atoms with E-state index in [0.717, 1.165) is 12.1 Å². The fraction of sp³-hybridized carbons (Fsp3) is 0.571. The Labute approximate surface area is 156 Å². The number of anilines is 1. The summed E-state index contributed by atoms with van der Waals surface area (Å²) in [7, 11) is 0. The number of aryl methyl sites for hydroxylation is 2. The summed E-state index contributed by atoms with van der Waals surface area (Å²) in [6.07, 6.45) is 6.55.